The first-order valence-electron chi connectivity index (χ1n) is 12.8. The standard InChI is InChI=1S/C31H30N2O4/c1-18(2)36-27(34)21-15-14-19-10-6-7-11-20(19)24(21)37-28(35)31-17-16-30(5,29(31,3)4)25-26(31)33-23-13-9-8-12-22(23)32-25/h6-15,18H,16-17H2,1-5H3. The minimum atomic E-state index is -0.996. The van der Waals surface area contributed by atoms with Crippen molar-refractivity contribution in [3.8, 4) is 5.75 Å². The third-order valence-electron chi connectivity index (χ3n) is 8.93. The van der Waals surface area contributed by atoms with E-state index in [-0.39, 0.29) is 22.8 Å². The lowest BCUT2D eigenvalue weighted by Crippen LogP contribution is -2.48. The Balaban J connectivity index is 1.53. The van der Waals surface area contributed by atoms with Crippen molar-refractivity contribution in [1.82, 2.24) is 9.97 Å². The first-order valence-corrected chi connectivity index (χ1v) is 12.8. The van der Waals surface area contributed by atoms with Crippen molar-refractivity contribution in [2.75, 3.05) is 0 Å². The average Bonchev–Trinajstić information content (AvgIpc) is 3.17. The number of aromatic nitrogens is 2. The van der Waals surface area contributed by atoms with Crippen molar-refractivity contribution in [3.05, 3.63) is 77.6 Å². The Morgan fingerprint density at radius 2 is 1.49 bits per heavy atom. The van der Waals surface area contributed by atoms with Gasteiger partial charge in [0.1, 0.15) is 11.0 Å². The number of hydrogen-bond acceptors (Lipinski definition) is 6. The SMILES string of the molecule is CC(C)OC(=O)c1ccc2ccccc2c1OC(=O)C12CCC(C)(c3nc4ccccc4nc31)C2(C)C. The lowest BCUT2D eigenvalue weighted by atomic mass is 9.64. The maximum absolute atomic E-state index is 14.4. The quantitative estimate of drug-likeness (QED) is 0.245. The van der Waals surface area contributed by atoms with Crippen LogP contribution in [-0.4, -0.2) is 28.0 Å². The molecule has 3 aromatic carbocycles. The van der Waals surface area contributed by atoms with E-state index in [4.69, 9.17) is 19.4 Å². The van der Waals surface area contributed by atoms with Gasteiger partial charge in [0, 0.05) is 10.8 Å². The Morgan fingerprint density at radius 1 is 0.838 bits per heavy atom. The largest absolute Gasteiger partial charge is 0.459 e. The summed E-state index contributed by atoms with van der Waals surface area (Å²) >= 11 is 0. The molecule has 188 valence electrons. The molecule has 6 rings (SSSR count). The molecule has 6 nitrogen and oxygen atoms in total. The summed E-state index contributed by atoms with van der Waals surface area (Å²) < 4.78 is 11.8. The van der Waals surface area contributed by atoms with E-state index in [2.05, 4.69) is 20.8 Å². The molecule has 2 atom stereocenters. The first-order chi connectivity index (χ1) is 17.6. The molecular formula is C31H30N2O4. The number of carbonyl (C=O) groups is 2. The fourth-order valence-electron chi connectivity index (χ4n) is 6.47. The second-order valence-electron chi connectivity index (χ2n) is 11.3. The highest BCUT2D eigenvalue weighted by Crippen LogP contribution is 2.70. The summed E-state index contributed by atoms with van der Waals surface area (Å²) in [5.74, 6) is -0.691. The summed E-state index contributed by atoms with van der Waals surface area (Å²) in [6.07, 6.45) is 1.10. The zero-order chi connectivity index (χ0) is 26.2. The summed E-state index contributed by atoms with van der Waals surface area (Å²) in [6.45, 7) is 10.0. The third kappa shape index (κ3) is 3.05. The van der Waals surface area contributed by atoms with Gasteiger partial charge in [-0.1, -0.05) is 63.2 Å². The first kappa shape index (κ1) is 23.6. The molecule has 6 heteroatoms. The minimum Gasteiger partial charge on any atom is -0.459 e. The molecule has 1 aromatic heterocycles. The molecule has 37 heavy (non-hydrogen) atoms. The molecule has 4 aromatic rings. The number of benzene rings is 3. The number of ether oxygens (including phenoxy) is 2. The maximum Gasteiger partial charge on any atom is 0.342 e. The van der Waals surface area contributed by atoms with Crippen LogP contribution in [0.25, 0.3) is 21.8 Å². The second kappa shape index (κ2) is 7.85. The predicted molar refractivity (Wildman–Crippen MR) is 142 cm³/mol. The van der Waals surface area contributed by atoms with Gasteiger partial charge >= 0.3 is 11.9 Å². The van der Waals surface area contributed by atoms with Crippen LogP contribution < -0.4 is 4.74 Å². The van der Waals surface area contributed by atoms with Crippen LogP contribution in [0.2, 0.25) is 0 Å². The molecule has 2 bridgehead atoms. The molecule has 0 saturated heterocycles. The van der Waals surface area contributed by atoms with Gasteiger partial charge in [0.2, 0.25) is 0 Å². The van der Waals surface area contributed by atoms with E-state index in [0.717, 1.165) is 28.5 Å². The average molecular weight is 495 g/mol. The number of fused-ring (bicyclic) bond motifs is 7. The normalized spacial score (nSPS) is 23.4. The Morgan fingerprint density at radius 3 is 2.19 bits per heavy atom. The summed E-state index contributed by atoms with van der Waals surface area (Å²) in [5.41, 5.74) is 1.55. The van der Waals surface area contributed by atoms with E-state index >= 15 is 0 Å². The zero-order valence-corrected chi connectivity index (χ0v) is 21.8. The molecule has 2 unspecified atom stereocenters. The van der Waals surface area contributed by atoms with Crippen LogP contribution in [0.15, 0.2) is 60.7 Å². The number of hydrogen-bond donors (Lipinski definition) is 0. The summed E-state index contributed by atoms with van der Waals surface area (Å²) in [6, 6.07) is 18.9. The topological polar surface area (TPSA) is 78.4 Å². The van der Waals surface area contributed by atoms with Crippen molar-refractivity contribution in [2.45, 2.75) is 64.4 Å². The van der Waals surface area contributed by atoms with E-state index in [0.29, 0.717) is 17.5 Å². The Labute approximate surface area is 216 Å². The van der Waals surface area contributed by atoms with Gasteiger partial charge in [-0.25, -0.2) is 14.8 Å². The monoisotopic (exact) mass is 494 g/mol. The Bertz CT molecular complexity index is 1610. The van der Waals surface area contributed by atoms with Crippen molar-refractivity contribution < 1.29 is 19.1 Å². The highest BCUT2D eigenvalue weighted by Gasteiger charge is 2.74. The fraction of sp³-hybridized carbons (Fsp3) is 0.355. The van der Waals surface area contributed by atoms with E-state index in [1.54, 1.807) is 19.9 Å². The zero-order valence-electron chi connectivity index (χ0n) is 21.8. The van der Waals surface area contributed by atoms with Crippen molar-refractivity contribution >= 4 is 33.7 Å². The van der Waals surface area contributed by atoms with E-state index in [9.17, 15) is 9.59 Å². The number of para-hydroxylation sites is 2. The Hall–Kier alpha value is -3.80. The van der Waals surface area contributed by atoms with Crippen molar-refractivity contribution in [1.29, 1.82) is 0 Å². The predicted octanol–water partition coefficient (Wildman–Crippen LogP) is 6.28. The van der Waals surface area contributed by atoms with Crippen LogP contribution >= 0.6 is 0 Å². The molecule has 0 radical (unpaired) electrons. The molecule has 0 aliphatic heterocycles. The van der Waals surface area contributed by atoms with Crippen LogP contribution in [-0.2, 0) is 20.4 Å². The highest BCUT2D eigenvalue weighted by molar-refractivity contribution is 6.03. The second-order valence-corrected chi connectivity index (χ2v) is 11.3. The van der Waals surface area contributed by atoms with Crippen LogP contribution in [0.3, 0.4) is 0 Å². The lowest BCUT2D eigenvalue weighted by Gasteiger charge is -2.38. The van der Waals surface area contributed by atoms with Gasteiger partial charge in [-0.2, -0.15) is 0 Å². The fourth-order valence-corrected chi connectivity index (χ4v) is 6.47. The van der Waals surface area contributed by atoms with Crippen LogP contribution in [0.5, 0.6) is 5.75 Å². The van der Waals surface area contributed by atoms with Gasteiger partial charge in [-0.05, 0) is 55.7 Å². The van der Waals surface area contributed by atoms with Gasteiger partial charge < -0.3 is 9.47 Å². The third-order valence-corrected chi connectivity index (χ3v) is 8.93. The molecule has 2 aliphatic rings. The molecule has 1 heterocycles. The van der Waals surface area contributed by atoms with E-state index < -0.39 is 22.8 Å². The highest BCUT2D eigenvalue weighted by atomic mass is 16.6. The van der Waals surface area contributed by atoms with Gasteiger partial charge in [-0.3, -0.25) is 4.79 Å². The van der Waals surface area contributed by atoms with Crippen molar-refractivity contribution in [2.24, 2.45) is 5.41 Å². The van der Waals surface area contributed by atoms with Crippen LogP contribution in [0.4, 0.5) is 0 Å². The molecule has 0 N–H and O–H groups in total. The summed E-state index contributed by atoms with van der Waals surface area (Å²) in [4.78, 5) is 37.6. The van der Waals surface area contributed by atoms with Gasteiger partial charge in [-0.15, -0.1) is 0 Å². The van der Waals surface area contributed by atoms with Gasteiger partial charge in [0.05, 0.1) is 28.5 Å². The molecule has 0 amide bonds. The smallest absolute Gasteiger partial charge is 0.342 e. The molecule has 1 fully saturated rings. The number of esters is 2. The van der Waals surface area contributed by atoms with Gasteiger partial charge in [0.15, 0.2) is 5.75 Å². The van der Waals surface area contributed by atoms with Crippen molar-refractivity contribution in [3.63, 3.8) is 0 Å². The van der Waals surface area contributed by atoms with Crippen LogP contribution in [0, 0.1) is 5.41 Å². The van der Waals surface area contributed by atoms with E-state index in [1.807, 2.05) is 54.6 Å². The molecule has 0 spiro atoms. The lowest BCUT2D eigenvalue weighted by molar-refractivity contribution is -0.145. The molecular weight excluding hydrogens is 464 g/mol. The Kier molecular flexibility index (Phi) is 5.00. The minimum absolute atomic E-state index is 0.231. The van der Waals surface area contributed by atoms with Crippen LogP contribution in [0.1, 0.15) is 69.2 Å². The molecule has 1 saturated carbocycles. The number of carbonyl (C=O) groups excluding carboxylic acids is 2. The number of nitrogens with zero attached hydrogens (tertiary/aromatic N) is 2. The van der Waals surface area contributed by atoms with Gasteiger partial charge in [0.25, 0.3) is 0 Å². The maximum atomic E-state index is 14.4. The summed E-state index contributed by atoms with van der Waals surface area (Å²) in [7, 11) is 0. The van der Waals surface area contributed by atoms with E-state index in [1.165, 1.54) is 0 Å². The summed E-state index contributed by atoms with van der Waals surface area (Å²) in [5, 5.41) is 1.56. The number of rotatable bonds is 4. The molecule has 2 aliphatic carbocycles.